The maximum absolute atomic E-state index is 12.6. The maximum Gasteiger partial charge on any atom is 0.223 e. The molecule has 0 radical (unpaired) electrons. The Morgan fingerprint density at radius 2 is 2.25 bits per heavy atom. The summed E-state index contributed by atoms with van der Waals surface area (Å²) in [5, 5.41) is 12.4. The van der Waals surface area contributed by atoms with Crippen molar-refractivity contribution in [1.82, 2.24) is 24.8 Å². The highest BCUT2D eigenvalue weighted by atomic mass is 35.5. The topological polar surface area (TPSA) is 77.1 Å². The molecular formula is C16H22ClN5O2. The van der Waals surface area contributed by atoms with Crippen LogP contribution in [0.1, 0.15) is 50.1 Å². The van der Waals surface area contributed by atoms with Gasteiger partial charge in [0.25, 0.3) is 0 Å². The number of aromatic nitrogens is 4. The molecule has 1 aliphatic rings. The Morgan fingerprint density at radius 1 is 1.46 bits per heavy atom. The molecule has 0 fully saturated rings. The number of amides is 1. The minimum atomic E-state index is 0.0863. The minimum absolute atomic E-state index is 0.0863. The van der Waals surface area contributed by atoms with Crippen molar-refractivity contribution in [2.24, 2.45) is 5.92 Å². The van der Waals surface area contributed by atoms with Gasteiger partial charge in [-0.1, -0.05) is 30.6 Å². The van der Waals surface area contributed by atoms with Gasteiger partial charge in [0.1, 0.15) is 11.6 Å². The normalized spacial score (nSPS) is 17.4. The second-order valence-electron chi connectivity index (χ2n) is 6.71. The highest BCUT2D eigenvalue weighted by Gasteiger charge is 2.30. The Labute approximate surface area is 146 Å². The van der Waals surface area contributed by atoms with Crippen LogP contribution in [0.15, 0.2) is 10.6 Å². The van der Waals surface area contributed by atoms with Crippen LogP contribution in [0.25, 0.3) is 0 Å². The molecule has 7 nitrogen and oxygen atoms in total. The van der Waals surface area contributed by atoms with E-state index in [0.717, 1.165) is 18.1 Å². The number of fused-ring (bicyclic) bond motifs is 1. The summed E-state index contributed by atoms with van der Waals surface area (Å²) in [6, 6.07) is 1.87. The van der Waals surface area contributed by atoms with E-state index in [0.29, 0.717) is 42.8 Å². The Hall–Kier alpha value is -1.89. The van der Waals surface area contributed by atoms with E-state index < -0.39 is 0 Å². The van der Waals surface area contributed by atoms with Crippen molar-refractivity contribution in [2.75, 3.05) is 6.54 Å². The van der Waals surface area contributed by atoms with Gasteiger partial charge in [-0.25, -0.2) is 0 Å². The number of nitrogens with zero attached hydrogens (tertiary/aromatic N) is 5. The van der Waals surface area contributed by atoms with Gasteiger partial charge in [0.15, 0.2) is 11.0 Å². The Bertz CT molecular complexity index is 724. The summed E-state index contributed by atoms with van der Waals surface area (Å²) < 4.78 is 7.24. The predicted octanol–water partition coefficient (Wildman–Crippen LogP) is 2.79. The second-order valence-corrected chi connectivity index (χ2v) is 7.09. The molecule has 2 aromatic heterocycles. The molecule has 0 bridgehead atoms. The maximum atomic E-state index is 12.6. The number of hydrogen-bond donors (Lipinski definition) is 0. The lowest BCUT2D eigenvalue weighted by Gasteiger charge is -2.35. The number of rotatable bonds is 5. The van der Waals surface area contributed by atoms with Gasteiger partial charge in [-0.3, -0.25) is 4.79 Å². The summed E-state index contributed by atoms with van der Waals surface area (Å²) in [6.45, 7) is 7.54. The largest absolute Gasteiger partial charge is 0.360 e. The third kappa shape index (κ3) is 3.61. The lowest BCUT2D eigenvalue weighted by molar-refractivity contribution is -0.133. The summed E-state index contributed by atoms with van der Waals surface area (Å²) in [5.41, 5.74) is 0. The van der Waals surface area contributed by atoms with Crippen LogP contribution in [0.4, 0.5) is 0 Å². The Morgan fingerprint density at radius 3 is 2.92 bits per heavy atom. The molecule has 8 heteroatoms. The third-order valence-corrected chi connectivity index (χ3v) is 4.46. The highest BCUT2D eigenvalue weighted by molar-refractivity contribution is 6.29. The average molecular weight is 352 g/mol. The van der Waals surface area contributed by atoms with Gasteiger partial charge < -0.3 is 14.0 Å². The fraction of sp³-hybridized carbons (Fsp3) is 0.625. The van der Waals surface area contributed by atoms with Gasteiger partial charge in [-0.05, 0) is 19.3 Å². The minimum Gasteiger partial charge on any atom is -0.360 e. The molecule has 1 atom stereocenters. The fourth-order valence-electron chi connectivity index (χ4n) is 3.28. The van der Waals surface area contributed by atoms with Crippen molar-refractivity contribution in [2.45, 2.75) is 52.6 Å². The third-order valence-electron chi connectivity index (χ3n) is 4.28. The molecule has 3 rings (SSSR count). The first-order valence-corrected chi connectivity index (χ1v) is 8.61. The molecule has 0 saturated carbocycles. The smallest absolute Gasteiger partial charge is 0.223 e. The van der Waals surface area contributed by atoms with Gasteiger partial charge in [0.05, 0.1) is 12.6 Å². The van der Waals surface area contributed by atoms with E-state index in [4.69, 9.17) is 16.1 Å². The standard InChI is InChI=1S/C16H22ClN5O2/c1-10(2)6-12-8-21(9-15-19-18-11(3)22(12)15)16(23)5-4-13-7-14(17)20-24-13/h7,10,12H,4-6,8-9H2,1-3H3/t12-/m0/s1. The first-order chi connectivity index (χ1) is 11.4. The van der Waals surface area contributed by atoms with Crippen LogP contribution in [0, 0.1) is 12.8 Å². The molecule has 0 saturated heterocycles. The predicted molar refractivity (Wildman–Crippen MR) is 88.5 cm³/mol. The van der Waals surface area contributed by atoms with Crippen LogP contribution in [-0.4, -0.2) is 37.3 Å². The lowest BCUT2D eigenvalue weighted by Crippen LogP contribution is -2.42. The highest BCUT2D eigenvalue weighted by Crippen LogP contribution is 2.27. The molecule has 0 spiro atoms. The van der Waals surface area contributed by atoms with Crippen LogP contribution >= 0.6 is 11.6 Å². The zero-order chi connectivity index (χ0) is 17.3. The molecule has 130 valence electrons. The molecular weight excluding hydrogens is 330 g/mol. The molecule has 0 N–H and O–H groups in total. The van der Waals surface area contributed by atoms with Crippen molar-refractivity contribution in [3.63, 3.8) is 0 Å². The number of aryl methyl sites for hydroxylation is 2. The van der Waals surface area contributed by atoms with Gasteiger partial charge in [-0.2, -0.15) is 0 Å². The SMILES string of the molecule is Cc1nnc2n1[C@@H](CC(C)C)CN(C(=O)CCc1cc(Cl)no1)C2. The molecule has 0 aromatic carbocycles. The van der Waals surface area contributed by atoms with Crippen LogP contribution in [0.2, 0.25) is 5.15 Å². The van der Waals surface area contributed by atoms with Gasteiger partial charge in [0.2, 0.25) is 5.91 Å². The van der Waals surface area contributed by atoms with E-state index in [1.54, 1.807) is 6.07 Å². The molecule has 2 aromatic rings. The summed E-state index contributed by atoms with van der Waals surface area (Å²) in [6.07, 6.45) is 1.86. The van der Waals surface area contributed by atoms with Crippen molar-refractivity contribution in [1.29, 1.82) is 0 Å². The first kappa shape index (κ1) is 17.0. The van der Waals surface area contributed by atoms with Crippen LogP contribution in [-0.2, 0) is 17.8 Å². The molecule has 1 amide bonds. The van der Waals surface area contributed by atoms with Gasteiger partial charge >= 0.3 is 0 Å². The number of hydrogen-bond acceptors (Lipinski definition) is 5. The van der Waals surface area contributed by atoms with Crippen LogP contribution in [0.3, 0.4) is 0 Å². The van der Waals surface area contributed by atoms with E-state index >= 15 is 0 Å². The summed E-state index contributed by atoms with van der Waals surface area (Å²) >= 11 is 5.73. The number of halogens is 1. The molecule has 3 heterocycles. The summed E-state index contributed by atoms with van der Waals surface area (Å²) in [5.74, 6) is 3.03. The molecule has 24 heavy (non-hydrogen) atoms. The first-order valence-electron chi connectivity index (χ1n) is 8.23. The zero-order valence-electron chi connectivity index (χ0n) is 14.2. The number of carbonyl (C=O) groups is 1. The average Bonchev–Trinajstić information content (AvgIpc) is 3.10. The van der Waals surface area contributed by atoms with Crippen molar-refractivity contribution >= 4 is 17.5 Å². The summed E-state index contributed by atoms with van der Waals surface area (Å²) in [4.78, 5) is 14.5. The van der Waals surface area contributed by atoms with Crippen LogP contribution in [0.5, 0.6) is 0 Å². The molecule has 1 aliphatic heterocycles. The van der Waals surface area contributed by atoms with Crippen LogP contribution < -0.4 is 0 Å². The molecule has 0 aliphatic carbocycles. The van der Waals surface area contributed by atoms with Gasteiger partial charge in [0, 0.05) is 25.5 Å². The van der Waals surface area contributed by atoms with E-state index in [1.807, 2.05) is 11.8 Å². The summed E-state index contributed by atoms with van der Waals surface area (Å²) in [7, 11) is 0. The van der Waals surface area contributed by atoms with Crippen molar-refractivity contribution < 1.29 is 9.32 Å². The Kier molecular flexibility index (Phi) is 4.89. The zero-order valence-corrected chi connectivity index (χ0v) is 15.0. The van der Waals surface area contributed by atoms with E-state index in [2.05, 4.69) is 33.8 Å². The van der Waals surface area contributed by atoms with E-state index in [1.165, 1.54) is 0 Å². The quantitative estimate of drug-likeness (QED) is 0.827. The molecule has 0 unspecified atom stereocenters. The van der Waals surface area contributed by atoms with E-state index in [9.17, 15) is 4.79 Å². The lowest BCUT2D eigenvalue weighted by atomic mass is 10.0. The monoisotopic (exact) mass is 351 g/mol. The van der Waals surface area contributed by atoms with E-state index in [-0.39, 0.29) is 11.9 Å². The van der Waals surface area contributed by atoms with Crippen molar-refractivity contribution in [3.8, 4) is 0 Å². The second kappa shape index (κ2) is 6.93. The Balaban J connectivity index is 1.69. The van der Waals surface area contributed by atoms with Gasteiger partial charge in [-0.15, -0.1) is 10.2 Å². The van der Waals surface area contributed by atoms with Crippen molar-refractivity contribution in [3.05, 3.63) is 28.6 Å². The fourth-order valence-corrected chi connectivity index (χ4v) is 3.43. The number of carbonyl (C=O) groups excluding carboxylic acids is 1.